The van der Waals surface area contributed by atoms with Crippen molar-refractivity contribution in [2.45, 2.75) is 52.5 Å². The number of hydrogen-bond acceptors (Lipinski definition) is 5. The number of likely N-dealkylation sites (tertiary alicyclic amines) is 1. The molecule has 0 aliphatic carbocycles. The predicted octanol–water partition coefficient (Wildman–Crippen LogP) is 2.20. The van der Waals surface area contributed by atoms with Gasteiger partial charge in [-0.15, -0.1) is 0 Å². The lowest BCUT2D eigenvalue weighted by Crippen LogP contribution is -2.34. The third-order valence-corrected chi connectivity index (χ3v) is 4.75. The van der Waals surface area contributed by atoms with E-state index in [1.165, 1.54) is 0 Å². The van der Waals surface area contributed by atoms with Crippen molar-refractivity contribution in [3.8, 4) is 0 Å². The predicted molar refractivity (Wildman–Crippen MR) is 83.8 cm³/mol. The highest BCUT2D eigenvalue weighted by Gasteiger charge is 2.36. The maximum Gasteiger partial charge on any atom is 0.230 e. The first-order valence-corrected chi connectivity index (χ1v) is 8.01. The SMILES string of the molecule is Cc1nc([C@H]2CCCN2C(=O)[C@@H](C)c2c(C)nn(C)c2C)no1. The summed E-state index contributed by atoms with van der Waals surface area (Å²) in [5.41, 5.74) is 2.97. The molecule has 1 saturated heterocycles. The largest absolute Gasteiger partial charge is 0.340 e. The zero-order chi connectivity index (χ0) is 16.7. The molecule has 2 aromatic rings. The molecular weight excluding hydrogens is 294 g/mol. The first-order valence-electron chi connectivity index (χ1n) is 8.01. The molecule has 0 bridgehead atoms. The van der Waals surface area contributed by atoms with Crippen LogP contribution in [0.15, 0.2) is 4.52 Å². The van der Waals surface area contributed by atoms with Gasteiger partial charge in [0.15, 0.2) is 5.82 Å². The number of carbonyl (C=O) groups excluding carboxylic acids is 1. The van der Waals surface area contributed by atoms with E-state index in [1.807, 2.05) is 37.4 Å². The van der Waals surface area contributed by atoms with Crippen molar-refractivity contribution >= 4 is 5.91 Å². The second-order valence-corrected chi connectivity index (χ2v) is 6.29. The monoisotopic (exact) mass is 317 g/mol. The Labute approximate surface area is 135 Å². The molecule has 2 atom stereocenters. The van der Waals surface area contributed by atoms with Gasteiger partial charge >= 0.3 is 0 Å². The van der Waals surface area contributed by atoms with Crippen LogP contribution in [0.4, 0.5) is 0 Å². The molecular formula is C16H23N5O2. The molecule has 7 nitrogen and oxygen atoms in total. The van der Waals surface area contributed by atoms with E-state index in [4.69, 9.17) is 4.52 Å². The minimum absolute atomic E-state index is 0.0836. The molecule has 3 rings (SSSR count). The third-order valence-electron chi connectivity index (χ3n) is 4.75. The Morgan fingerprint density at radius 3 is 2.65 bits per heavy atom. The van der Waals surface area contributed by atoms with Crippen molar-refractivity contribution in [1.82, 2.24) is 24.8 Å². The fourth-order valence-electron chi connectivity index (χ4n) is 3.54. The maximum atomic E-state index is 13.1. The summed E-state index contributed by atoms with van der Waals surface area (Å²) in [5, 5.41) is 8.43. The normalized spacial score (nSPS) is 19.3. The van der Waals surface area contributed by atoms with E-state index >= 15 is 0 Å². The smallest absolute Gasteiger partial charge is 0.230 e. The van der Waals surface area contributed by atoms with Gasteiger partial charge in [0.2, 0.25) is 11.8 Å². The molecule has 0 saturated carbocycles. The van der Waals surface area contributed by atoms with Gasteiger partial charge in [0.05, 0.1) is 17.7 Å². The molecule has 0 radical (unpaired) electrons. The van der Waals surface area contributed by atoms with Gasteiger partial charge in [-0.05, 0) is 33.6 Å². The quantitative estimate of drug-likeness (QED) is 0.867. The van der Waals surface area contributed by atoms with Crippen LogP contribution < -0.4 is 0 Å². The molecule has 1 aliphatic rings. The summed E-state index contributed by atoms with van der Waals surface area (Å²) in [6.45, 7) is 8.41. The lowest BCUT2D eigenvalue weighted by Gasteiger charge is -2.26. The van der Waals surface area contributed by atoms with Gasteiger partial charge in [0.1, 0.15) is 0 Å². The van der Waals surface area contributed by atoms with Crippen LogP contribution in [-0.4, -0.2) is 37.3 Å². The molecule has 7 heteroatoms. The summed E-state index contributed by atoms with van der Waals surface area (Å²) in [7, 11) is 1.91. The molecule has 23 heavy (non-hydrogen) atoms. The number of nitrogens with zero attached hydrogens (tertiary/aromatic N) is 5. The Hall–Kier alpha value is -2.18. The van der Waals surface area contributed by atoms with Gasteiger partial charge in [-0.3, -0.25) is 9.48 Å². The van der Waals surface area contributed by atoms with Crippen LogP contribution in [-0.2, 0) is 11.8 Å². The summed E-state index contributed by atoms with van der Waals surface area (Å²) in [6.07, 6.45) is 1.84. The minimum Gasteiger partial charge on any atom is -0.340 e. The molecule has 2 aromatic heterocycles. The van der Waals surface area contributed by atoms with E-state index in [2.05, 4.69) is 15.2 Å². The summed E-state index contributed by atoms with van der Waals surface area (Å²) in [4.78, 5) is 19.3. The Morgan fingerprint density at radius 1 is 1.35 bits per heavy atom. The maximum absolute atomic E-state index is 13.1. The van der Waals surface area contributed by atoms with Gasteiger partial charge in [-0.1, -0.05) is 5.16 Å². The average Bonchev–Trinajstić information content (AvgIpc) is 3.19. The molecule has 3 heterocycles. The molecule has 124 valence electrons. The van der Waals surface area contributed by atoms with Gasteiger partial charge in [0, 0.05) is 31.8 Å². The van der Waals surface area contributed by atoms with Crippen LogP contribution in [0, 0.1) is 20.8 Å². The minimum atomic E-state index is -0.225. The highest BCUT2D eigenvalue weighted by molar-refractivity contribution is 5.84. The Balaban J connectivity index is 1.86. The van der Waals surface area contributed by atoms with Crippen LogP contribution in [0.3, 0.4) is 0 Å². The number of hydrogen-bond donors (Lipinski definition) is 0. The molecule has 1 aliphatic heterocycles. The van der Waals surface area contributed by atoms with Crippen molar-refractivity contribution < 1.29 is 9.32 Å². The van der Waals surface area contributed by atoms with Crippen molar-refractivity contribution in [2.24, 2.45) is 7.05 Å². The fourth-order valence-corrected chi connectivity index (χ4v) is 3.54. The van der Waals surface area contributed by atoms with E-state index in [0.717, 1.165) is 36.3 Å². The first kappa shape index (κ1) is 15.7. The van der Waals surface area contributed by atoms with E-state index < -0.39 is 0 Å². The standard InChI is InChI=1S/C16H23N5O2/c1-9(14-10(2)18-20(5)11(14)3)16(22)21-8-6-7-13(21)15-17-12(4)23-19-15/h9,13H,6-8H2,1-5H3/t9-,13+/m0/s1. The van der Waals surface area contributed by atoms with E-state index in [9.17, 15) is 4.79 Å². The summed E-state index contributed by atoms with van der Waals surface area (Å²) < 4.78 is 6.91. The Kier molecular flexibility index (Phi) is 3.95. The van der Waals surface area contributed by atoms with Crippen molar-refractivity contribution in [1.29, 1.82) is 0 Å². The number of aromatic nitrogens is 4. The highest BCUT2D eigenvalue weighted by atomic mass is 16.5. The van der Waals surface area contributed by atoms with Crippen molar-refractivity contribution in [3.05, 3.63) is 28.7 Å². The Bertz CT molecular complexity index is 733. The summed E-state index contributed by atoms with van der Waals surface area (Å²) in [5.74, 6) is 1.03. The molecule has 0 N–H and O–H groups in total. The second-order valence-electron chi connectivity index (χ2n) is 6.29. The zero-order valence-electron chi connectivity index (χ0n) is 14.3. The topological polar surface area (TPSA) is 77.1 Å². The fraction of sp³-hybridized carbons (Fsp3) is 0.625. The Morgan fingerprint density at radius 2 is 2.09 bits per heavy atom. The van der Waals surface area contributed by atoms with Crippen LogP contribution in [0.1, 0.15) is 60.4 Å². The lowest BCUT2D eigenvalue weighted by atomic mass is 9.97. The lowest BCUT2D eigenvalue weighted by molar-refractivity contribution is -0.133. The number of carbonyl (C=O) groups is 1. The first-order chi connectivity index (χ1) is 10.9. The number of aryl methyl sites for hydroxylation is 3. The van der Waals surface area contributed by atoms with Crippen molar-refractivity contribution in [3.63, 3.8) is 0 Å². The number of amides is 1. The van der Waals surface area contributed by atoms with Crippen LogP contribution in [0.5, 0.6) is 0 Å². The molecule has 1 fully saturated rings. The van der Waals surface area contributed by atoms with E-state index in [1.54, 1.807) is 6.92 Å². The molecule has 0 spiro atoms. The van der Waals surface area contributed by atoms with Crippen LogP contribution >= 0.6 is 0 Å². The van der Waals surface area contributed by atoms with Gasteiger partial charge in [-0.25, -0.2) is 0 Å². The van der Waals surface area contributed by atoms with Crippen molar-refractivity contribution in [2.75, 3.05) is 6.54 Å². The van der Waals surface area contributed by atoms with Gasteiger partial charge in [0.25, 0.3) is 0 Å². The number of rotatable bonds is 3. The second kappa shape index (κ2) is 5.79. The van der Waals surface area contributed by atoms with Gasteiger partial charge in [-0.2, -0.15) is 10.1 Å². The molecule has 0 unspecified atom stereocenters. The van der Waals surface area contributed by atoms with E-state index in [-0.39, 0.29) is 17.9 Å². The molecule has 1 amide bonds. The molecule has 0 aromatic carbocycles. The summed E-state index contributed by atoms with van der Waals surface area (Å²) >= 11 is 0. The third kappa shape index (κ3) is 2.64. The van der Waals surface area contributed by atoms with Crippen LogP contribution in [0.2, 0.25) is 0 Å². The highest BCUT2D eigenvalue weighted by Crippen LogP contribution is 2.34. The zero-order valence-corrected chi connectivity index (χ0v) is 14.3. The van der Waals surface area contributed by atoms with E-state index in [0.29, 0.717) is 11.7 Å². The summed E-state index contributed by atoms with van der Waals surface area (Å²) in [6, 6.07) is -0.0836. The van der Waals surface area contributed by atoms with Crippen LogP contribution in [0.25, 0.3) is 0 Å². The average molecular weight is 317 g/mol. The van der Waals surface area contributed by atoms with Gasteiger partial charge < -0.3 is 9.42 Å².